The molecule has 2 rings (SSSR count). The zero-order chi connectivity index (χ0) is 15.9. The Morgan fingerprint density at radius 1 is 1.23 bits per heavy atom. The van der Waals surface area contributed by atoms with Gasteiger partial charge >= 0.3 is 6.03 Å². The average molecular weight is 303 g/mol. The number of nitrogens with zero attached hydrogens (tertiary/aromatic N) is 1. The molecule has 0 radical (unpaired) electrons. The van der Waals surface area contributed by atoms with Gasteiger partial charge in [-0.1, -0.05) is 30.3 Å². The van der Waals surface area contributed by atoms with Crippen molar-refractivity contribution in [2.45, 2.75) is 32.2 Å². The zero-order valence-corrected chi connectivity index (χ0v) is 13.3. The minimum Gasteiger partial charge on any atom is -0.341 e. The molecule has 1 heterocycles. The van der Waals surface area contributed by atoms with Gasteiger partial charge in [-0.15, -0.1) is 0 Å². The molecule has 1 saturated heterocycles. The monoisotopic (exact) mass is 303 g/mol. The van der Waals surface area contributed by atoms with Gasteiger partial charge in [-0.3, -0.25) is 15.0 Å². The number of urea groups is 1. The molecule has 1 aliphatic rings. The summed E-state index contributed by atoms with van der Waals surface area (Å²) in [6, 6.07) is 9.83. The van der Waals surface area contributed by atoms with Crippen molar-refractivity contribution in [2.24, 2.45) is 5.92 Å². The lowest BCUT2D eigenvalue weighted by Gasteiger charge is -2.35. The number of amides is 3. The van der Waals surface area contributed by atoms with Crippen LogP contribution in [0.3, 0.4) is 0 Å². The minimum atomic E-state index is -0.448. The zero-order valence-electron chi connectivity index (χ0n) is 13.3. The van der Waals surface area contributed by atoms with E-state index < -0.39 is 6.03 Å². The van der Waals surface area contributed by atoms with E-state index in [0.29, 0.717) is 5.92 Å². The Labute approximate surface area is 132 Å². The van der Waals surface area contributed by atoms with Crippen molar-refractivity contribution in [3.63, 3.8) is 0 Å². The molecule has 0 aliphatic carbocycles. The SMILES string of the molecule is CNC(=O)NC(=O)[C@H](C)N1CCC(Cc2ccccc2)CC1. The van der Waals surface area contributed by atoms with E-state index in [0.717, 1.165) is 32.4 Å². The van der Waals surface area contributed by atoms with Crippen molar-refractivity contribution in [2.75, 3.05) is 20.1 Å². The Kier molecular flexibility index (Phi) is 5.95. The highest BCUT2D eigenvalue weighted by atomic mass is 16.2. The van der Waals surface area contributed by atoms with Crippen LogP contribution in [0.15, 0.2) is 30.3 Å². The van der Waals surface area contributed by atoms with Crippen molar-refractivity contribution in [3.8, 4) is 0 Å². The molecule has 0 aromatic heterocycles. The van der Waals surface area contributed by atoms with Gasteiger partial charge in [-0.05, 0) is 50.8 Å². The summed E-state index contributed by atoms with van der Waals surface area (Å²) in [5.74, 6) is 0.439. The summed E-state index contributed by atoms with van der Waals surface area (Å²) in [6.07, 6.45) is 3.28. The van der Waals surface area contributed by atoms with E-state index in [4.69, 9.17) is 0 Å². The highest BCUT2D eigenvalue weighted by Crippen LogP contribution is 2.22. The van der Waals surface area contributed by atoms with Gasteiger partial charge in [0.1, 0.15) is 0 Å². The van der Waals surface area contributed by atoms with Crippen molar-refractivity contribution >= 4 is 11.9 Å². The van der Waals surface area contributed by atoms with Crippen LogP contribution < -0.4 is 10.6 Å². The number of rotatable bonds is 4. The summed E-state index contributed by atoms with van der Waals surface area (Å²) in [7, 11) is 1.50. The summed E-state index contributed by atoms with van der Waals surface area (Å²) in [4.78, 5) is 25.3. The van der Waals surface area contributed by atoms with E-state index in [9.17, 15) is 9.59 Å². The molecule has 1 atom stereocenters. The van der Waals surface area contributed by atoms with Crippen LogP contribution >= 0.6 is 0 Å². The van der Waals surface area contributed by atoms with Crippen molar-refractivity contribution in [1.29, 1.82) is 0 Å². The number of nitrogens with one attached hydrogen (secondary N) is 2. The van der Waals surface area contributed by atoms with Crippen LogP contribution in [-0.2, 0) is 11.2 Å². The van der Waals surface area contributed by atoms with E-state index >= 15 is 0 Å². The molecule has 1 aromatic carbocycles. The molecule has 1 aromatic rings. The molecular formula is C17H25N3O2. The second-order valence-corrected chi connectivity index (χ2v) is 5.91. The minimum absolute atomic E-state index is 0.235. The van der Waals surface area contributed by atoms with Crippen LogP contribution in [0.1, 0.15) is 25.3 Å². The first-order valence-corrected chi connectivity index (χ1v) is 7.90. The first-order valence-electron chi connectivity index (χ1n) is 7.90. The summed E-state index contributed by atoms with van der Waals surface area (Å²) in [5.41, 5.74) is 1.38. The lowest BCUT2D eigenvalue weighted by Crippen LogP contribution is -2.51. The molecule has 22 heavy (non-hydrogen) atoms. The van der Waals surface area contributed by atoms with Gasteiger partial charge in [-0.2, -0.15) is 0 Å². The molecule has 5 nitrogen and oxygen atoms in total. The third kappa shape index (κ3) is 4.56. The number of hydrogen-bond donors (Lipinski definition) is 2. The number of hydrogen-bond acceptors (Lipinski definition) is 3. The Morgan fingerprint density at radius 2 is 1.86 bits per heavy atom. The van der Waals surface area contributed by atoms with E-state index in [1.807, 2.05) is 13.0 Å². The van der Waals surface area contributed by atoms with Gasteiger partial charge in [0.05, 0.1) is 6.04 Å². The van der Waals surface area contributed by atoms with Gasteiger partial charge in [0.25, 0.3) is 0 Å². The summed E-state index contributed by atoms with van der Waals surface area (Å²) < 4.78 is 0. The maximum Gasteiger partial charge on any atom is 0.321 e. The van der Waals surface area contributed by atoms with Crippen LogP contribution in [0.4, 0.5) is 4.79 Å². The highest BCUT2D eigenvalue weighted by molar-refractivity contribution is 5.96. The quantitative estimate of drug-likeness (QED) is 0.891. The highest BCUT2D eigenvalue weighted by Gasteiger charge is 2.27. The average Bonchev–Trinajstić information content (AvgIpc) is 2.55. The van der Waals surface area contributed by atoms with Gasteiger partial charge in [0.2, 0.25) is 5.91 Å². The summed E-state index contributed by atoms with van der Waals surface area (Å²) >= 11 is 0. The van der Waals surface area contributed by atoms with Crippen molar-refractivity contribution < 1.29 is 9.59 Å². The van der Waals surface area contributed by atoms with Crippen LogP contribution in [0.25, 0.3) is 0 Å². The van der Waals surface area contributed by atoms with E-state index in [1.165, 1.54) is 12.6 Å². The largest absolute Gasteiger partial charge is 0.341 e. The number of benzene rings is 1. The molecule has 1 fully saturated rings. The van der Waals surface area contributed by atoms with Crippen LogP contribution in [0.2, 0.25) is 0 Å². The molecule has 120 valence electrons. The van der Waals surface area contributed by atoms with Crippen LogP contribution in [0, 0.1) is 5.92 Å². The fourth-order valence-corrected chi connectivity index (χ4v) is 2.94. The van der Waals surface area contributed by atoms with E-state index in [1.54, 1.807) is 0 Å². The Hall–Kier alpha value is -1.88. The standard InChI is InChI=1S/C17H25N3O2/c1-13(16(21)19-17(22)18-2)20-10-8-15(9-11-20)12-14-6-4-3-5-7-14/h3-7,13,15H,8-12H2,1-2H3,(H2,18,19,21,22)/t13-/m0/s1. The van der Waals surface area contributed by atoms with Gasteiger partial charge < -0.3 is 5.32 Å². The first-order chi connectivity index (χ1) is 10.6. The summed E-state index contributed by atoms with van der Waals surface area (Å²) in [5, 5.41) is 4.75. The Morgan fingerprint density at radius 3 is 2.45 bits per heavy atom. The third-order valence-corrected chi connectivity index (χ3v) is 4.41. The van der Waals surface area contributed by atoms with E-state index in [2.05, 4.69) is 39.8 Å². The number of imide groups is 1. The molecular weight excluding hydrogens is 278 g/mol. The van der Waals surface area contributed by atoms with Gasteiger partial charge in [0.15, 0.2) is 0 Å². The van der Waals surface area contributed by atoms with Crippen molar-refractivity contribution in [3.05, 3.63) is 35.9 Å². The number of carbonyl (C=O) groups excluding carboxylic acids is 2. The van der Waals surface area contributed by atoms with Gasteiger partial charge in [0, 0.05) is 7.05 Å². The lowest BCUT2D eigenvalue weighted by atomic mass is 9.89. The Bertz CT molecular complexity index is 496. The number of likely N-dealkylation sites (tertiary alicyclic amines) is 1. The molecule has 0 saturated carbocycles. The first kappa shape index (κ1) is 16.5. The molecule has 0 unspecified atom stereocenters. The Balaban J connectivity index is 1.79. The fourth-order valence-electron chi connectivity index (χ4n) is 2.94. The molecule has 3 amide bonds. The van der Waals surface area contributed by atoms with E-state index in [-0.39, 0.29) is 11.9 Å². The van der Waals surface area contributed by atoms with Gasteiger partial charge in [-0.25, -0.2) is 4.79 Å². The van der Waals surface area contributed by atoms with Crippen molar-refractivity contribution in [1.82, 2.24) is 15.5 Å². The predicted octanol–water partition coefficient (Wildman–Crippen LogP) is 1.79. The molecule has 2 N–H and O–H groups in total. The lowest BCUT2D eigenvalue weighted by molar-refractivity contribution is -0.125. The summed E-state index contributed by atoms with van der Waals surface area (Å²) in [6.45, 7) is 3.66. The number of carbonyl (C=O) groups is 2. The third-order valence-electron chi connectivity index (χ3n) is 4.41. The number of piperidine rings is 1. The topological polar surface area (TPSA) is 61.4 Å². The second-order valence-electron chi connectivity index (χ2n) is 5.91. The fraction of sp³-hybridized carbons (Fsp3) is 0.529. The predicted molar refractivity (Wildman–Crippen MR) is 86.5 cm³/mol. The second kappa shape index (κ2) is 7.94. The molecule has 1 aliphatic heterocycles. The smallest absolute Gasteiger partial charge is 0.321 e. The molecule has 0 bridgehead atoms. The normalized spacial score (nSPS) is 17.7. The maximum absolute atomic E-state index is 12.0. The molecule has 0 spiro atoms. The van der Waals surface area contributed by atoms with Crippen LogP contribution in [-0.4, -0.2) is 43.0 Å². The van der Waals surface area contributed by atoms with Crippen LogP contribution in [0.5, 0.6) is 0 Å². The maximum atomic E-state index is 12.0. The molecule has 5 heteroatoms.